The summed E-state index contributed by atoms with van der Waals surface area (Å²) in [6.45, 7) is 5.65. The lowest BCUT2D eigenvalue weighted by atomic mass is 10.0. The van der Waals surface area contributed by atoms with Crippen molar-refractivity contribution in [3.63, 3.8) is 0 Å². The summed E-state index contributed by atoms with van der Waals surface area (Å²) in [4.78, 5) is 40.6. The van der Waals surface area contributed by atoms with Crippen LogP contribution in [0, 0.1) is 23.0 Å². The van der Waals surface area contributed by atoms with Crippen LogP contribution < -0.4 is 10.6 Å². The van der Waals surface area contributed by atoms with Gasteiger partial charge in [-0.15, -0.1) is 21.5 Å². The number of anilines is 1. The number of hydrogen-bond acceptors (Lipinski definition) is 9. The molecule has 13 heteroatoms. The number of hydrogen-bond donors (Lipinski definition) is 2. The molecule has 0 aliphatic heterocycles. The number of carbonyl (C=O) groups is 2. The number of carbonyl (C=O) groups excluding carboxylic acids is 2. The van der Waals surface area contributed by atoms with Gasteiger partial charge in [-0.25, -0.2) is 4.98 Å². The van der Waals surface area contributed by atoms with E-state index in [9.17, 15) is 19.7 Å². The average Bonchev–Trinajstić information content (AvgIpc) is 3.52. The van der Waals surface area contributed by atoms with Crippen LogP contribution in [0.25, 0.3) is 11.3 Å². The molecule has 0 unspecified atom stereocenters. The third-order valence-corrected chi connectivity index (χ3v) is 7.70. The van der Waals surface area contributed by atoms with Crippen LogP contribution in [0.1, 0.15) is 41.6 Å². The van der Waals surface area contributed by atoms with E-state index in [2.05, 4.69) is 25.8 Å². The Bertz CT molecular complexity index is 1500. The predicted molar refractivity (Wildman–Crippen MR) is 151 cm³/mol. The van der Waals surface area contributed by atoms with Crippen molar-refractivity contribution < 1.29 is 14.5 Å². The lowest BCUT2D eigenvalue weighted by Gasteiger charge is -2.21. The molecule has 0 saturated heterocycles. The summed E-state index contributed by atoms with van der Waals surface area (Å²) >= 11 is 2.45. The van der Waals surface area contributed by atoms with Gasteiger partial charge in [-0.1, -0.05) is 55.9 Å². The van der Waals surface area contributed by atoms with E-state index in [-0.39, 0.29) is 35.2 Å². The van der Waals surface area contributed by atoms with E-state index in [1.165, 1.54) is 29.2 Å². The van der Waals surface area contributed by atoms with Gasteiger partial charge in [-0.05, 0) is 25.0 Å². The molecule has 202 valence electrons. The zero-order valence-electron chi connectivity index (χ0n) is 21.7. The first-order valence-corrected chi connectivity index (χ1v) is 13.9. The van der Waals surface area contributed by atoms with E-state index in [1.54, 1.807) is 48.2 Å². The fourth-order valence-electron chi connectivity index (χ4n) is 3.78. The Morgan fingerprint density at radius 1 is 1.15 bits per heavy atom. The Kier molecular flexibility index (Phi) is 8.72. The first-order chi connectivity index (χ1) is 18.6. The SMILES string of the molecule is Cc1ccc(-c2csc(NC(=O)CSc3nnc([C@@H](NC(=O)c4ccccc4)C(C)C)n3C)n2)cc1[N+](=O)[O-]. The van der Waals surface area contributed by atoms with Crippen molar-refractivity contribution in [2.45, 2.75) is 32.0 Å². The van der Waals surface area contributed by atoms with Crippen molar-refractivity contribution in [3.8, 4) is 11.3 Å². The smallest absolute Gasteiger partial charge is 0.272 e. The van der Waals surface area contributed by atoms with E-state index in [0.717, 1.165) is 0 Å². The largest absolute Gasteiger partial charge is 0.342 e. The van der Waals surface area contributed by atoms with Gasteiger partial charge >= 0.3 is 0 Å². The summed E-state index contributed by atoms with van der Waals surface area (Å²) in [6.07, 6.45) is 0. The van der Waals surface area contributed by atoms with E-state index in [0.29, 0.717) is 38.5 Å². The molecule has 4 aromatic rings. The molecule has 0 aliphatic carbocycles. The van der Waals surface area contributed by atoms with Crippen molar-refractivity contribution >= 4 is 45.7 Å². The van der Waals surface area contributed by atoms with E-state index in [1.807, 2.05) is 32.0 Å². The summed E-state index contributed by atoms with van der Waals surface area (Å²) in [7, 11) is 1.80. The molecule has 0 fully saturated rings. The molecule has 0 bridgehead atoms. The van der Waals surface area contributed by atoms with Crippen molar-refractivity contribution in [3.05, 3.63) is 81.0 Å². The monoisotopic (exact) mass is 565 g/mol. The molecular weight excluding hydrogens is 538 g/mol. The lowest BCUT2D eigenvalue weighted by molar-refractivity contribution is -0.385. The lowest BCUT2D eigenvalue weighted by Crippen LogP contribution is -2.33. The Balaban J connectivity index is 1.38. The zero-order valence-corrected chi connectivity index (χ0v) is 23.4. The molecule has 39 heavy (non-hydrogen) atoms. The summed E-state index contributed by atoms with van der Waals surface area (Å²) in [5.74, 6) is 0.233. The van der Waals surface area contributed by atoms with Crippen LogP contribution in [0.15, 0.2) is 59.1 Å². The number of benzene rings is 2. The van der Waals surface area contributed by atoms with Crippen LogP contribution in [0.4, 0.5) is 10.8 Å². The van der Waals surface area contributed by atoms with Crippen LogP contribution in [-0.2, 0) is 11.8 Å². The minimum atomic E-state index is -0.427. The molecule has 2 aromatic carbocycles. The average molecular weight is 566 g/mol. The standard InChI is InChI=1S/C26H27N7O4S2/c1-15(2)22(29-24(35)17-8-6-5-7-9-17)23-30-31-26(32(23)4)39-14-21(34)28-25-27-19(13-38-25)18-11-10-16(3)20(12-18)33(36)37/h5-13,15,22H,14H2,1-4H3,(H,29,35)(H,27,28,34)/t22-/m0/s1. The van der Waals surface area contributed by atoms with E-state index in [4.69, 9.17) is 0 Å². The second kappa shape index (κ2) is 12.2. The molecule has 2 N–H and O–H groups in total. The van der Waals surface area contributed by atoms with Crippen molar-refractivity contribution in [1.29, 1.82) is 0 Å². The number of aryl methyl sites for hydroxylation is 1. The number of nitro groups is 1. The fourth-order valence-corrected chi connectivity index (χ4v) is 5.23. The van der Waals surface area contributed by atoms with E-state index >= 15 is 0 Å². The molecule has 4 rings (SSSR count). The van der Waals surface area contributed by atoms with Gasteiger partial charge in [0.05, 0.1) is 22.4 Å². The highest BCUT2D eigenvalue weighted by Gasteiger charge is 2.25. The molecule has 0 radical (unpaired) electrons. The van der Waals surface area contributed by atoms with Crippen molar-refractivity contribution in [2.75, 3.05) is 11.1 Å². The normalized spacial score (nSPS) is 11.8. The minimum Gasteiger partial charge on any atom is -0.342 e. The molecule has 2 amide bonds. The first kappa shape index (κ1) is 27.9. The highest BCUT2D eigenvalue weighted by molar-refractivity contribution is 7.99. The number of thiazole rings is 1. The third-order valence-electron chi connectivity index (χ3n) is 5.92. The highest BCUT2D eigenvalue weighted by atomic mass is 32.2. The topological polar surface area (TPSA) is 145 Å². The van der Waals surface area contributed by atoms with Crippen molar-refractivity contribution in [2.24, 2.45) is 13.0 Å². The molecule has 0 aliphatic rings. The fraction of sp³-hybridized carbons (Fsp3) is 0.269. The van der Waals surface area contributed by atoms with Gasteiger partial charge in [-0.3, -0.25) is 19.7 Å². The maximum atomic E-state index is 12.7. The molecule has 2 heterocycles. The number of nitrogens with zero attached hydrogens (tertiary/aromatic N) is 5. The van der Waals surface area contributed by atoms with Crippen LogP contribution in [0.3, 0.4) is 0 Å². The molecule has 0 spiro atoms. The number of nitro benzene ring substituents is 1. The number of amides is 2. The second-order valence-corrected chi connectivity index (χ2v) is 10.9. The van der Waals surface area contributed by atoms with Crippen LogP contribution >= 0.6 is 23.1 Å². The Hall–Kier alpha value is -4.10. The second-order valence-electron chi connectivity index (χ2n) is 9.09. The molecule has 1 atom stereocenters. The van der Waals surface area contributed by atoms with Gasteiger partial charge < -0.3 is 15.2 Å². The number of nitrogens with one attached hydrogen (secondary N) is 2. The first-order valence-electron chi connectivity index (χ1n) is 12.0. The Morgan fingerprint density at radius 3 is 2.59 bits per heavy atom. The minimum absolute atomic E-state index is 0.0184. The summed E-state index contributed by atoms with van der Waals surface area (Å²) < 4.78 is 1.78. The van der Waals surface area contributed by atoms with E-state index < -0.39 is 4.92 Å². The van der Waals surface area contributed by atoms with Crippen LogP contribution in [0.5, 0.6) is 0 Å². The maximum Gasteiger partial charge on any atom is 0.272 e. The molecule has 2 aromatic heterocycles. The van der Waals surface area contributed by atoms with Gasteiger partial charge in [0.25, 0.3) is 11.6 Å². The zero-order chi connectivity index (χ0) is 28.1. The quantitative estimate of drug-likeness (QED) is 0.155. The number of thioether (sulfide) groups is 1. The van der Waals surface area contributed by atoms with Gasteiger partial charge in [0.1, 0.15) is 0 Å². The molecule has 0 saturated carbocycles. The molecule has 11 nitrogen and oxygen atoms in total. The highest BCUT2D eigenvalue weighted by Crippen LogP contribution is 2.30. The van der Waals surface area contributed by atoms with Gasteiger partial charge in [-0.2, -0.15) is 0 Å². The van der Waals surface area contributed by atoms with Gasteiger partial charge in [0.15, 0.2) is 16.1 Å². The molecular formula is C26H27N7O4S2. The van der Waals surface area contributed by atoms with Gasteiger partial charge in [0, 0.05) is 35.2 Å². The maximum absolute atomic E-state index is 12.7. The van der Waals surface area contributed by atoms with Crippen LogP contribution in [0.2, 0.25) is 0 Å². The summed E-state index contributed by atoms with van der Waals surface area (Å²) in [6, 6.07) is 13.5. The number of aromatic nitrogens is 4. The van der Waals surface area contributed by atoms with Gasteiger partial charge in [0.2, 0.25) is 5.91 Å². The van der Waals surface area contributed by atoms with Crippen molar-refractivity contribution in [1.82, 2.24) is 25.1 Å². The van der Waals surface area contributed by atoms with Crippen LogP contribution in [-0.4, -0.2) is 42.2 Å². The predicted octanol–water partition coefficient (Wildman–Crippen LogP) is 5.01. The summed E-state index contributed by atoms with van der Waals surface area (Å²) in [5.41, 5.74) is 2.28. The summed E-state index contributed by atoms with van der Waals surface area (Å²) in [5, 5.41) is 28.2. The Labute approximate surface area is 233 Å². The number of rotatable bonds is 10. The third kappa shape index (κ3) is 6.67. The Morgan fingerprint density at radius 2 is 1.90 bits per heavy atom.